The van der Waals surface area contributed by atoms with E-state index in [-0.39, 0.29) is 11.4 Å². The zero-order valence-electron chi connectivity index (χ0n) is 10.1. The van der Waals surface area contributed by atoms with Crippen molar-refractivity contribution in [3.8, 4) is 0 Å². The van der Waals surface area contributed by atoms with Crippen LogP contribution in [0, 0.1) is 6.92 Å². The van der Waals surface area contributed by atoms with Gasteiger partial charge in [0.15, 0.2) is 0 Å². The van der Waals surface area contributed by atoms with E-state index >= 15 is 0 Å². The van der Waals surface area contributed by atoms with Gasteiger partial charge in [0.2, 0.25) is 5.91 Å². The Kier molecular flexibility index (Phi) is 2.62. The van der Waals surface area contributed by atoms with Crippen LogP contribution in [0.4, 0.5) is 5.69 Å². The molecule has 1 aliphatic rings. The highest BCUT2D eigenvalue weighted by molar-refractivity contribution is 5.83. The Bertz CT molecular complexity index is 412. The molecule has 16 heavy (non-hydrogen) atoms. The Balaban J connectivity index is 2.38. The molecule has 0 aromatic heterocycles. The van der Waals surface area contributed by atoms with Gasteiger partial charge in [0.05, 0.1) is 12.1 Å². The van der Waals surface area contributed by atoms with Crippen LogP contribution in [0.25, 0.3) is 0 Å². The zero-order chi connectivity index (χ0) is 11.8. The third-order valence-electron chi connectivity index (χ3n) is 3.16. The molecule has 3 heteroatoms. The first-order chi connectivity index (χ1) is 7.50. The Hall–Kier alpha value is -1.51. The molecule has 1 fully saturated rings. The third kappa shape index (κ3) is 1.90. The number of hydrogen-bond donors (Lipinski definition) is 1. The zero-order valence-corrected chi connectivity index (χ0v) is 10.1. The summed E-state index contributed by atoms with van der Waals surface area (Å²) in [6.07, 6.45) is 0. The van der Waals surface area contributed by atoms with Crippen molar-refractivity contribution >= 4 is 11.6 Å². The molecule has 86 valence electrons. The second kappa shape index (κ2) is 3.81. The highest BCUT2D eigenvalue weighted by atomic mass is 16.2. The molecule has 1 aromatic rings. The van der Waals surface area contributed by atoms with Gasteiger partial charge in [0.1, 0.15) is 0 Å². The first-order valence-electron chi connectivity index (χ1n) is 5.61. The van der Waals surface area contributed by atoms with Crippen LogP contribution in [0.15, 0.2) is 24.3 Å². The molecule has 0 radical (unpaired) electrons. The van der Waals surface area contributed by atoms with E-state index in [0.717, 1.165) is 5.69 Å². The van der Waals surface area contributed by atoms with Crippen LogP contribution in [0.3, 0.4) is 0 Å². The van der Waals surface area contributed by atoms with Crippen LogP contribution >= 0.6 is 0 Å². The smallest absolute Gasteiger partial charge is 0.239 e. The van der Waals surface area contributed by atoms with Gasteiger partial charge in [-0.05, 0) is 32.4 Å². The quantitative estimate of drug-likeness (QED) is 0.778. The largest absolute Gasteiger partial charge is 0.355 e. The Morgan fingerprint density at radius 3 is 2.69 bits per heavy atom. The van der Waals surface area contributed by atoms with Gasteiger partial charge in [-0.2, -0.15) is 0 Å². The summed E-state index contributed by atoms with van der Waals surface area (Å²) in [5.41, 5.74) is 2.34. The average Bonchev–Trinajstić information content (AvgIpc) is 2.23. The summed E-state index contributed by atoms with van der Waals surface area (Å²) >= 11 is 0. The van der Waals surface area contributed by atoms with Crippen LogP contribution < -0.4 is 10.2 Å². The molecule has 1 saturated heterocycles. The van der Waals surface area contributed by atoms with Gasteiger partial charge in [0.25, 0.3) is 0 Å². The summed E-state index contributed by atoms with van der Waals surface area (Å²) in [6, 6.07) is 8.20. The lowest BCUT2D eigenvalue weighted by Crippen LogP contribution is -2.60. The summed E-state index contributed by atoms with van der Waals surface area (Å²) in [5.74, 6) is 0.0996. The molecule has 0 bridgehead atoms. The van der Waals surface area contributed by atoms with Crippen molar-refractivity contribution < 1.29 is 4.79 Å². The van der Waals surface area contributed by atoms with Crippen molar-refractivity contribution in [1.82, 2.24) is 5.32 Å². The van der Waals surface area contributed by atoms with E-state index < -0.39 is 0 Å². The molecule has 0 saturated carbocycles. The van der Waals surface area contributed by atoms with Crippen LogP contribution in [-0.4, -0.2) is 24.5 Å². The maximum atomic E-state index is 11.5. The summed E-state index contributed by atoms with van der Waals surface area (Å²) < 4.78 is 0. The minimum Gasteiger partial charge on any atom is -0.355 e. The lowest BCUT2D eigenvalue weighted by atomic mass is 9.97. The summed E-state index contributed by atoms with van der Waals surface area (Å²) in [6.45, 7) is 7.52. The van der Waals surface area contributed by atoms with Gasteiger partial charge in [-0.3, -0.25) is 4.79 Å². The molecule has 1 N–H and O–H groups in total. The van der Waals surface area contributed by atoms with E-state index in [1.165, 1.54) is 5.56 Å². The molecule has 1 amide bonds. The van der Waals surface area contributed by atoms with Crippen molar-refractivity contribution in [2.75, 3.05) is 18.0 Å². The van der Waals surface area contributed by atoms with E-state index in [9.17, 15) is 4.79 Å². The van der Waals surface area contributed by atoms with E-state index in [1.807, 2.05) is 12.1 Å². The minimum atomic E-state index is -0.0278. The normalized spacial score (nSPS) is 19.4. The molecular weight excluding hydrogens is 200 g/mol. The number of amides is 1. The van der Waals surface area contributed by atoms with Gasteiger partial charge in [-0.25, -0.2) is 0 Å². The molecule has 0 atom stereocenters. The molecule has 2 rings (SSSR count). The number of para-hydroxylation sites is 1. The monoisotopic (exact) mass is 218 g/mol. The fourth-order valence-corrected chi connectivity index (χ4v) is 2.10. The fourth-order valence-electron chi connectivity index (χ4n) is 2.10. The molecule has 1 aromatic carbocycles. The van der Waals surface area contributed by atoms with Crippen molar-refractivity contribution in [2.45, 2.75) is 26.3 Å². The van der Waals surface area contributed by atoms with Crippen molar-refractivity contribution in [3.05, 3.63) is 29.8 Å². The van der Waals surface area contributed by atoms with Crippen LogP contribution in [0.1, 0.15) is 19.4 Å². The number of piperazine rings is 1. The highest BCUT2D eigenvalue weighted by Gasteiger charge is 2.33. The lowest BCUT2D eigenvalue weighted by Gasteiger charge is -2.44. The minimum absolute atomic E-state index is 0.0278. The Morgan fingerprint density at radius 1 is 1.31 bits per heavy atom. The van der Waals surface area contributed by atoms with Gasteiger partial charge in [-0.15, -0.1) is 0 Å². The maximum Gasteiger partial charge on any atom is 0.239 e. The number of carbonyl (C=O) groups is 1. The number of anilines is 1. The number of nitrogens with one attached hydrogen (secondary N) is 1. The summed E-state index contributed by atoms with van der Waals surface area (Å²) in [7, 11) is 0. The lowest BCUT2D eigenvalue weighted by molar-refractivity contribution is -0.121. The molecule has 0 aliphatic carbocycles. The third-order valence-corrected chi connectivity index (χ3v) is 3.16. The second-order valence-corrected chi connectivity index (χ2v) is 4.96. The van der Waals surface area contributed by atoms with Crippen LogP contribution in [0.2, 0.25) is 0 Å². The second-order valence-electron chi connectivity index (χ2n) is 4.96. The standard InChI is InChI=1S/C13H18N2O/c1-10-6-4-5-7-11(10)15-8-12(16)14-9-13(15,2)3/h4-7H,8-9H2,1-3H3,(H,14,16). The molecule has 3 nitrogen and oxygen atoms in total. The fraction of sp³-hybridized carbons (Fsp3) is 0.462. The van der Waals surface area contributed by atoms with Crippen molar-refractivity contribution in [1.29, 1.82) is 0 Å². The van der Waals surface area contributed by atoms with Crippen molar-refractivity contribution in [3.63, 3.8) is 0 Å². The van der Waals surface area contributed by atoms with Crippen LogP contribution in [-0.2, 0) is 4.79 Å². The summed E-state index contributed by atoms with van der Waals surface area (Å²) in [4.78, 5) is 13.7. The van der Waals surface area contributed by atoms with Crippen LogP contribution in [0.5, 0.6) is 0 Å². The van der Waals surface area contributed by atoms with E-state index in [1.54, 1.807) is 0 Å². The predicted molar refractivity (Wildman–Crippen MR) is 65.6 cm³/mol. The van der Waals surface area contributed by atoms with E-state index in [2.05, 4.69) is 43.1 Å². The predicted octanol–water partition coefficient (Wildman–Crippen LogP) is 1.71. The molecular formula is C13H18N2O. The van der Waals surface area contributed by atoms with Gasteiger partial charge < -0.3 is 10.2 Å². The van der Waals surface area contributed by atoms with E-state index in [4.69, 9.17) is 0 Å². The van der Waals surface area contributed by atoms with Gasteiger partial charge in [-0.1, -0.05) is 18.2 Å². The number of hydrogen-bond acceptors (Lipinski definition) is 2. The van der Waals surface area contributed by atoms with E-state index in [0.29, 0.717) is 13.1 Å². The number of carbonyl (C=O) groups excluding carboxylic acids is 1. The van der Waals surface area contributed by atoms with Gasteiger partial charge in [0, 0.05) is 12.2 Å². The van der Waals surface area contributed by atoms with Crippen molar-refractivity contribution in [2.24, 2.45) is 0 Å². The number of nitrogens with zero attached hydrogens (tertiary/aromatic N) is 1. The number of rotatable bonds is 1. The number of benzene rings is 1. The molecule has 1 aliphatic heterocycles. The molecule has 1 heterocycles. The molecule has 0 spiro atoms. The Labute approximate surface area is 96.5 Å². The first kappa shape index (κ1) is 11.0. The first-order valence-corrected chi connectivity index (χ1v) is 5.61. The summed E-state index contributed by atoms with van der Waals surface area (Å²) in [5, 5.41) is 2.91. The maximum absolute atomic E-state index is 11.5. The van der Waals surface area contributed by atoms with Gasteiger partial charge >= 0.3 is 0 Å². The highest BCUT2D eigenvalue weighted by Crippen LogP contribution is 2.28. The Morgan fingerprint density at radius 2 is 2.00 bits per heavy atom. The molecule has 0 unspecified atom stereocenters. The topological polar surface area (TPSA) is 32.3 Å². The SMILES string of the molecule is Cc1ccccc1N1CC(=O)NCC1(C)C. The number of aryl methyl sites for hydroxylation is 1. The average molecular weight is 218 g/mol.